The maximum absolute atomic E-state index is 12.5. The number of anilines is 1. The number of fused-ring (bicyclic) bond motifs is 1. The van der Waals surface area contributed by atoms with Gasteiger partial charge in [-0.2, -0.15) is 0 Å². The molecule has 0 unspecified atom stereocenters. The van der Waals surface area contributed by atoms with E-state index < -0.39 is 11.8 Å². The lowest BCUT2D eigenvalue weighted by Gasteiger charge is -2.30. The summed E-state index contributed by atoms with van der Waals surface area (Å²) in [5.74, 6) is -0.174. The standard InChI is InChI=1S/C21H22N4O4/c1-13-5-3-6-15-17(13)29-19(24-15)14-8-11-25(12-9-14)21(27)18(26)23-16-7-4-10-22-20(16)28-2/h3-7,10,14H,8-9,11-12H2,1-2H3,(H,23,26). The van der Waals surface area contributed by atoms with Crippen LogP contribution in [0.4, 0.5) is 5.69 Å². The second kappa shape index (κ2) is 7.90. The van der Waals surface area contributed by atoms with Gasteiger partial charge in [0.1, 0.15) is 11.2 Å². The van der Waals surface area contributed by atoms with Gasteiger partial charge in [-0.15, -0.1) is 0 Å². The third kappa shape index (κ3) is 3.78. The van der Waals surface area contributed by atoms with E-state index in [1.807, 2.05) is 25.1 Å². The highest BCUT2D eigenvalue weighted by Gasteiger charge is 2.30. The summed E-state index contributed by atoms with van der Waals surface area (Å²) in [6.45, 7) is 2.94. The molecule has 8 nitrogen and oxygen atoms in total. The fraction of sp³-hybridized carbons (Fsp3) is 0.333. The Balaban J connectivity index is 1.39. The first kappa shape index (κ1) is 18.9. The van der Waals surface area contributed by atoms with Gasteiger partial charge in [0.05, 0.1) is 7.11 Å². The molecule has 8 heteroatoms. The van der Waals surface area contributed by atoms with Gasteiger partial charge in [-0.3, -0.25) is 9.59 Å². The fourth-order valence-electron chi connectivity index (χ4n) is 3.58. The Kier molecular flexibility index (Phi) is 5.16. The predicted octanol–water partition coefficient (Wildman–Crippen LogP) is 2.88. The molecule has 1 aliphatic rings. The summed E-state index contributed by atoms with van der Waals surface area (Å²) in [4.78, 5) is 35.1. The Labute approximate surface area is 167 Å². The number of aryl methyl sites for hydroxylation is 1. The second-order valence-electron chi connectivity index (χ2n) is 7.06. The largest absolute Gasteiger partial charge is 0.480 e. The molecule has 1 fully saturated rings. The van der Waals surface area contributed by atoms with E-state index in [0.29, 0.717) is 37.5 Å². The number of likely N-dealkylation sites (tertiary alicyclic amines) is 1. The normalized spacial score (nSPS) is 14.8. The van der Waals surface area contributed by atoms with E-state index in [0.717, 1.165) is 16.7 Å². The Hall–Kier alpha value is -3.42. The van der Waals surface area contributed by atoms with Crippen LogP contribution in [0.3, 0.4) is 0 Å². The van der Waals surface area contributed by atoms with Gasteiger partial charge in [0.25, 0.3) is 0 Å². The van der Waals surface area contributed by atoms with Crippen LogP contribution in [0.25, 0.3) is 11.1 Å². The number of hydrogen-bond donors (Lipinski definition) is 1. The fourth-order valence-corrected chi connectivity index (χ4v) is 3.58. The second-order valence-corrected chi connectivity index (χ2v) is 7.06. The number of aromatic nitrogens is 2. The van der Waals surface area contributed by atoms with Crippen molar-refractivity contribution in [3.05, 3.63) is 48.0 Å². The summed E-state index contributed by atoms with van der Waals surface area (Å²) in [6.07, 6.45) is 2.94. The van der Waals surface area contributed by atoms with Gasteiger partial charge < -0.3 is 19.4 Å². The number of piperidine rings is 1. The van der Waals surface area contributed by atoms with Crippen LogP contribution in [0.1, 0.15) is 30.2 Å². The van der Waals surface area contributed by atoms with Crippen LogP contribution in [0, 0.1) is 6.92 Å². The van der Waals surface area contributed by atoms with Crippen LogP contribution in [0.15, 0.2) is 40.9 Å². The lowest BCUT2D eigenvalue weighted by Crippen LogP contribution is -2.43. The zero-order valence-electron chi connectivity index (χ0n) is 16.3. The van der Waals surface area contributed by atoms with Gasteiger partial charge >= 0.3 is 11.8 Å². The number of amides is 2. The number of methoxy groups -OCH3 is 1. The summed E-state index contributed by atoms with van der Waals surface area (Å²) < 4.78 is 11.1. The van der Waals surface area contributed by atoms with Crippen molar-refractivity contribution in [1.82, 2.24) is 14.9 Å². The molecule has 2 aromatic heterocycles. The minimum absolute atomic E-state index is 0.132. The molecular formula is C21H22N4O4. The first-order chi connectivity index (χ1) is 14.1. The van der Waals surface area contributed by atoms with Gasteiger partial charge in [0, 0.05) is 25.2 Å². The lowest BCUT2D eigenvalue weighted by molar-refractivity contribution is -0.143. The highest BCUT2D eigenvalue weighted by Crippen LogP contribution is 2.31. The molecule has 150 valence electrons. The van der Waals surface area contributed by atoms with Gasteiger partial charge in [-0.1, -0.05) is 12.1 Å². The summed E-state index contributed by atoms with van der Waals surface area (Å²) in [5, 5.41) is 2.58. The number of para-hydroxylation sites is 1. The molecule has 0 bridgehead atoms. The molecule has 4 rings (SSSR count). The molecular weight excluding hydrogens is 372 g/mol. The van der Waals surface area contributed by atoms with E-state index in [1.54, 1.807) is 23.2 Å². The highest BCUT2D eigenvalue weighted by molar-refractivity contribution is 6.39. The minimum Gasteiger partial charge on any atom is -0.480 e. The smallest absolute Gasteiger partial charge is 0.314 e. The number of ether oxygens (including phenoxy) is 1. The molecule has 0 aliphatic carbocycles. The number of benzene rings is 1. The molecule has 1 N–H and O–H groups in total. The number of pyridine rings is 1. The average Bonchev–Trinajstić information content (AvgIpc) is 3.19. The van der Waals surface area contributed by atoms with Crippen LogP contribution in [0.5, 0.6) is 5.88 Å². The molecule has 0 atom stereocenters. The topological polar surface area (TPSA) is 97.6 Å². The van der Waals surface area contributed by atoms with E-state index in [9.17, 15) is 9.59 Å². The maximum atomic E-state index is 12.5. The first-order valence-electron chi connectivity index (χ1n) is 9.52. The summed E-state index contributed by atoms with van der Waals surface area (Å²) >= 11 is 0. The average molecular weight is 394 g/mol. The van der Waals surface area contributed by atoms with Crippen molar-refractivity contribution in [2.45, 2.75) is 25.7 Å². The maximum Gasteiger partial charge on any atom is 0.314 e. The molecule has 1 saturated heterocycles. The van der Waals surface area contributed by atoms with Crippen LogP contribution in [0.2, 0.25) is 0 Å². The third-order valence-corrected chi connectivity index (χ3v) is 5.17. The summed E-state index contributed by atoms with van der Waals surface area (Å²) in [7, 11) is 1.46. The third-order valence-electron chi connectivity index (χ3n) is 5.17. The van der Waals surface area contributed by atoms with Crippen molar-refractivity contribution in [3.8, 4) is 5.88 Å². The van der Waals surface area contributed by atoms with E-state index in [2.05, 4.69) is 15.3 Å². The molecule has 1 aromatic carbocycles. The summed E-state index contributed by atoms with van der Waals surface area (Å²) in [5.41, 5.74) is 3.08. The zero-order chi connectivity index (χ0) is 20.4. The summed E-state index contributed by atoms with van der Waals surface area (Å²) in [6, 6.07) is 9.19. The zero-order valence-corrected chi connectivity index (χ0v) is 16.3. The van der Waals surface area contributed by atoms with Gasteiger partial charge in [0.2, 0.25) is 5.88 Å². The molecule has 0 radical (unpaired) electrons. The lowest BCUT2D eigenvalue weighted by atomic mass is 9.96. The van der Waals surface area contributed by atoms with E-state index >= 15 is 0 Å². The molecule has 29 heavy (non-hydrogen) atoms. The van der Waals surface area contributed by atoms with Gasteiger partial charge in [-0.05, 0) is 43.5 Å². The molecule has 3 heterocycles. The van der Waals surface area contributed by atoms with E-state index in [-0.39, 0.29) is 11.8 Å². The van der Waals surface area contributed by atoms with Crippen LogP contribution >= 0.6 is 0 Å². The van der Waals surface area contributed by atoms with Crippen molar-refractivity contribution >= 4 is 28.6 Å². The number of nitrogens with zero attached hydrogens (tertiary/aromatic N) is 3. The molecule has 1 aliphatic heterocycles. The highest BCUT2D eigenvalue weighted by atomic mass is 16.5. The van der Waals surface area contributed by atoms with Crippen LogP contribution in [-0.4, -0.2) is 46.9 Å². The monoisotopic (exact) mass is 394 g/mol. The minimum atomic E-state index is -0.702. The van der Waals surface area contributed by atoms with Crippen molar-refractivity contribution < 1.29 is 18.7 Å². The van der Waals surface area contributed by atoms with Crippen LogP contribution < -0.4 is 10.1 Å². The number of oxazole rings is 1. The number of rotatable bonds is 3. The molecule has 3 aromatic rings. The number of nitrogens with one attached hydrogen (secondary N) is 1. The Morgan fingerprint density at radius 1 is 1.21 bits per heavy atom. The Bertz CT molecular complexity index is 1050. The quantitative estimate of drug-likeness (QED) is 0.686. The number of carbonyl (C=O) groups is 2. The van der Waals surface area contributed by atoms with Crippen molar-refractivity contribution in [1.29, 1.82) is 0 Å². The van der Waals surface area contributed by atoms with E-state index in [1.165, 1.54) is 7.11 Å². The molecule has 0 spiro atoms. The predicted molar refractivity (Wildman–Crippen MR) is 107 cm³/mol. The SMILES string of the molecule is COc1ncccc1NC(=O)C(=O)N1CCC(c2nc3cccc(C)c3o2)CC1. The van der Waals surface area contributed by atoms with Crippen molar-refractivity contribution in [2.24, 2.45) is 0 Å². The number of carbonyl (C=O) groups excluding carboxylic acids is 2. The van der Waals surface area contributed by atoms with Crippen molar-refractivity contribution in [3.63, 3.8) is 0 Å². The van der Waals surface area contributed by atoms with Gasteiger partial charge in [-0.25, -0.2) is 9.97 Å². The van der Waals surface area contributed by atoms with Gasteiger partial charge in [0.15, 0.2) is 11.5 Å². The Morgan fingerprint density at radius 2 is 2.00 bits per heavy atom. The van der Waals surface area contributed by atoms with Crippen molar-refractivity contribution in [2.75, 3.05) is 25.5 Å². The molecule has 0 saturated carbocycles. The van der Waals surface area contributed by atoms with Crippen LogP contribution in [-0.2, 0) is 9.59 Å². The van der Waals surface area contributed by atoms with E-state index in [4.69, 9.17) is 9.15 Å². The first-order valence-corrected chi connectivity index (χ1v) is 9.52. The number of hydrogen-bond acceptors (Lipinski definition) is 6. The molecule has 2 amide bonds. The Morgan fingerprint density at radius 3 is 2.72 bits per heavy atom.